The molecule has 8 heteroatoms. The van der Waals surface area contributed by atoms with E-state index in [4.69, 9.17) is 21.1 Å². The fourth-order valence-electron chi connectivity index (χ4n) is 5.52. The van der Waals surface area contributed by atoms with E-state index in [1.54, 1.807) is 18.5 Å². The van der Waals surface area contributed by atoms with Gasteiger partial charge in [0.2, 0.25) is 10.0 Å². The first-order valence-electron chi connectivity index (χ1n) is 10.5. The van der Waals surface area contributed by atoms with Crippen LogP contribution in [0.2, 0.25) is 0 Å². The molecular formula is C21H31ClN2O4S. The molecule has 6 nitrogen and oxygen atoms in total. The fraction of sp³-hybridized carbons (Fsp3) is 0.714. The van der Waals surface area contributed by atoms with E-state index in [-0.39, 0.29) is 17.8 Å². The van der Waals surface area contributed by atoms with Gasteiger partial charge in [-0.2, -0.15) is 4.31 Å². The van der Waals surface area contributed by atoms with Crippen molar-refractivity contribution in [2.75, 3.05) is 45.5 Å². The Hall–Kier alpha value is -1.02. The van der Waals surface area contributed by atoms with Crippen molar-refractivity contribution in [1.29, 1.82) is 0 Å². The molecule has 0 amide bonds. The number of hydrogen-bond acceptors (Lipinski definition) is 5. The molecule has 162 valence electrons. The SMILES string of the molecule is COc1ccc2c(c1OC)[C@@H]1C[C@H]3[C@H](CCCN3S(=O)(=O)CCCCl)CN1CC2. The number of benzene rings is 1. The van der Waals surface area contributed by atoms with Crippen LogP contribution in [-0.2, 0) is 16.4 Å². The maximum Gasteiger partial charge on any atom is 0.214 e. The van der Waals surface area contributed by atoms with E-state index in [2.05, 4.69) is 11.0 Å². The number of nitrogens with zero attached hydrogens (tertiary/aromatic N) is 2. The van der Waals surface area contributed by atoms with Crippen molar-refractivity contribution in [2.24, 2.45) is 5.92 Å². The first kappa shape index (κ1) is 21.2. The van der Waals surface area contributed by atoms with Crippen LogP contribution in [0, 0.1) is 5.92 Å². The van der Waals surface area contributed by atoms with Gasteiger partial charge >= 0.3 is 0 Å². The molecule has 3 aliphatic heterocycles. The molecule has 2 fully saturated rings. The molecule has 1 aromatic carbocycles. The van der Waals surface area contributed by atoms with Gasteiger partial charge in [-0.1, -0.05) is 6.07 Å². The third-order valence-corrected chi connectivity index (χ3v) is 9.05. The molecule has 0 spiro atoms. The van der Waals surface area contributed by atoms with E-state index in [1.807, 2.05) is 6.07 Å². The van der Waals surface area contributed by atoms with Crippen molar-refractivity contribution in [3.8, 4) is 11.5 Å². The Kier molecular flexibility index (Phi) is 6.30. The first-order valence-corrected chi connectivity index (χ1v) is 12.7. The van der Waals surface area contributed by atoms with Gasteiger partial charge in [0.15, 0.2) is 11.5 Å². The van der Waals surface area contributed by atoms with Crippen molar-refractivity contribution < 1.29 is 17.9 Å². The van der Waals surface area contributed by atoms with Gasteiger partial charge in [-0.25, -0.2) is 8.42 Å². The molecule has 3 aliphatic rings. The summed E-state index contributed by atoms with van der Waals surface area (Å²) < 4.78 is 39.2. The lowest BCUT2D eigenvalue weighted by atomic mass is 9.77. The molecule has 0 N–H and O–H groups in total. The van der Waals surface area contributed by atoms with E-state index in [9.17, 15) is 8.42 Å². The Bertz CT molecular complexity index is 847. The third-order valence-electron chi connectivity index (χ3n) is 6.81. The van der Waals surface area contributed by atoms with Crippen LogP contribution in [0.15, 0.2) is 12.1 Å². The predicted molar refractivity (Wildman–Crippen MR) is 115 cm³/mol. The predicted octanol–water partition coefficient (Wildman–Crippen LogP) is 3.05. The number of alkyl halides is 1. The summed E-state index contributed by atoms with van der Waals surface area (Å²) >= 11 is 5.78. The Morgan fingerprint density at radius 1 is 1.21 bits per heavy atom. The number of hydrogen-bond donors (Lipinski definition) is 0. The number of ether oxygens (including phenoxy) is 2. The molecule has 0 saturated carbocycles. The number of fused-ring (bicyclic) bond motifs is 4. The van der Waals surface area contributed by atoms with Crippen LogP contribution in [0.3, 0.4) is 0 Å². The average Bonchev–Trinajstić information content (AvgIpc) is 2.74. The van der Waals surface area contributed by atoms with Crippen molar-refractivity contribution in [3.63, 3.8) is 0 Å². The summed E-state index contributed by atoms with van der Waals surface area (Å²) in [5.41, 5.74) is 2.47. The lowest BCUT2D eigenvalue weighted by Crippen LogP contribution is -2.57. The summed E-state index contributed by atoms with van der Waals surface area (Å²) in [7, 11) is 0.0624. The highest BCUT2D eigenvalue weighted by Crippen LogP contribution is 2.48. The van der Waals surface area contributed by atoms with Crippen molar-refractivity contribution in [2.45, 2.75) is 44.2 Å². The summed E-state index contributed by atoms with van der Waals surface area (Å²) in [6.45, 7) is 2.58. The fourth-order valence-corrected chi connectivity index (χ4v) is 7.63. The standard InChI is InChI=1S/C21H31ClN2O4S/c1-27-19-7-6-15-8-11-23-14-16-5-3-10-24(29(25,26)12-4-9-22)17(16)13-18(23)20(15)21(19)28-2/h6-7,16-18H,3-5,8-14H2,1-2H3/t16-,17+,18+/m1/s1. The minimum atomic E-state index is -3.29. The van der Waals surface area contributed by atoms with Gasteiger partial charge < -0.3 is 9.47 Å². The first-order chi connectivity index (χ1) is 14.0. The molecule has 2 saturated heterocycles. The van der Waals surface area contributed by atoms with Gasteiger partial charge in [-0.3, -0.25) is 4.90 Å². The highest BCUT2D eigenvalue weighted by Gasteiger charge is 2.46. The van der Waals surface area contributed by atoms with Crippen molar-refractivity contribution >= 4 is 21.6 Å². The highest BCUT2D eigenvalue weighted by atomic mass is 35.5. The molecule has 1 aromatic rings. The zero-order valence-electron chi connectivity index (χ0n) is 17.3. The summed E-state index contributed by atoms with van der Waals surface area (Å²) in [4.78, 5) is 2.53. The van der Waals surface area contributed by atoms with Crippen LogP contribution in [0.5, 0.6) is 11.5 Å². The monoisotopic (exact) mass is 442 g/mol. The van der Waals surface area contributed by atoms with Crippen LogP contribution < -0.4 is 9.47 Å². The second kappa shape index (κ2) is 8.61. The topological polar surface area (TPSA) is 59.1 Å². The highest BCUT2D eigenvalue weighted by molar-refractivity contribution is 7.89. The molecule has 0 unspecified atom stereocenters. The van der Waals surface area contributed by atoms with Gasteiger partial charge in [0, 0.05) is 43.2 Å². The summed E-state index contributed by atoms with van der Waals surface area (Å²) in [5, 5.41) is 0. The zero-order valence-corrected chi connectivity index (χ0v) is 18.8. The van der Waals surface area contributed by atoms with Crippen LogP contribution in [0.25, 0.3) is 0 Å². The molecule has 3 atom stereocenters. The van der Waals surface area contributed by atoms with Crippen molar-refractivity contribution in [1.82, 2.24) is 9.21 Å². The molecule has 0 aliphatic carbocycles. The van der Waals surface area contributed by atoms with Crippen LogP contribution >= 0.6 is 11.6 Å². The summed E-state index contributed by atoms with van der Waals surface area (Å²) in [6, 6.07) is 4.32. The molecular weight excluding hydrogens is 412 g/mol. The number of halogens is 1. The number of sulfonamides is 1. The van der Waals surface area contributed by atoms with Gasteiger partial charge in [-0.15, -0.1) is 11.6 Å². The van der Waals surface area contributed by atoms with Gasteiger partial charge in [0.25, 0.3) is 0 Å². The maximum absolute atomic E-state index is 13.0. The smallest absolute Gasteiger partial charge is 0.214 e. The van der Waals surface area contributed by atoms with Crippen LogP contribution in [0.4, 0.5) is 0 Å². The van der Waals surface area contributed by atoms with Crippen LogP contribution in [-0.4, -0.2) is 69.2 Å². The average molecular weight is 443 g/mol. The zero-order chi connectivity index (χ0) is 20.6. The molecule has 4 rings (SSSR count). The number of rotatable bonds is 6. The second-order valence-electron chi connectivity index (χ2n) is 8.31. The van der Waals surface area contributed by atoms with E-state index >= 15 is 0 Å². The number of piperidine rings is 2. The Morgan fingerprint density at radius 2 is 2.03 bits per heavy atom. The van der Waals surface area contributed by atoms with E-state index in [0.717, 1.165) is 50.3 Å². The van der Waals surface area contributed by atoms with E-state index in [0.29, 0.717) is 24.8 Å². The van der Waals surface area contributed by atoms with Gasteiger partial charge in [0.1, 0.15) is 0 Å². The lowest BCUT2D eigenvalue weighted by molar-refractivity contribution is 0.0209. The number of methoxy groups -OCH3 is 2. The molecule has 29 heavy (non-hydrogen) atoms. The molecule has 0 aromatic heterocycles. The molecule has 3 heterocycles. The normalized spacial score (nSPS) is 27.6. The maximum atomic E-state index is 13.0. The molecule has 0 radical (unpaired) electrons. The minimum Gasteiger partial charge on any atom is -0.493 e. The van der Waals surface area contributed by atoms with Crippen molar-refractivity contribution in [3.05, 3.63) is 23.3 Å². The quantitative estimate of drug-likeness (QED) is 0.634. The lowest BCUT2D eigenvalue weighted by Gasteiger charge is -2.52. The van der Waals surface area contributed by atoms with E-state index < -0.39 is 10.0 Å². The summed E-state index contributed by atoms with van der Waals surface area (Å²) in [6.07, 6.45) is 4.33. The largest absolute Gasteiger partial charge is 0.493 e. The van der Waals surface area contributed by atoms with Crippen LogP contribution in [0.1, 0.15) is 42.9 Å². The Morgan fingerprint density at radius 3 is 2.76 bits per heavy atom. The van der Waals surface area contributed by atoms with Gasteiger partial charge in [0.05, 0.1) is 20.0 Å². The van der Waals surface area contributed by atoms with Gasteiger partial charge in [-0.05, 0) is 49.7 Å². The summed E-state index contributed by atoms with van der Waals surface area (Å²) in [5.74, 6) is 2.45. The third kappa shape index (κ3) is 3.87. The van der Waals surface area contributed by atoms with E-state index in [1.165, 1.54) is 11.1 Å². The minimum absolute atomic E-state index is 0.0483. The molecule has 0 bridgehead atoms. The Labute approximate surface area is 179 Å². The second-order valence-corrected chi connectivity index (χ2v) is 10.7. The Balaban J connectivity index is 1.68.